The van der Waals surface area contributed by atoms with Gasteiger partial charge in [0.1, 0.15) is 17.3 Å². The Bertz CT molecular complexity index is 1180. The van der Waals surface area contributed by atoms with E-state index >= 15 is 0 Å². The highest BCUT2D eigenvalue weighted by Crippen LogP contribution is 2.30. The number of rotatable bonds is 5. The molecule has 3 amide bonds. The summed E-state index contributed by atoms with van der Waals surface area (Å²) in [6.07, 6.45) is 5.27. The van der Waals surface area contributed by atoms with Crippen molar-refractivity contribution < 1.29 is 14.3 Å². The molecule has 3 heterocycles. The van der Waals surface area contributed by atoms with Crippen molar-refractivity contribution in [3.8, 4) is 11.6 Å². The summed E-state index contributed by atoms with van der Waals surface area (Å²) in [4.78, 5) is 27.8. The highest BCUT2D eigenvalue weighted by Gasteiger charge is 2.25. The highest BCUT2D eigenvalue weighted by molar-refractivity contribution is 6.30. The molecule has 1 aliphatic heterocycles. The lowest BCUT2D eigenvalue weighted by Gasteiger charge is -2.11. The number of anilines is 1. The second kappa shape index (κ2) is 6.78. The van der Waals surface area contributed by atoms with E-state index in [2.05, 4.69) is 26.0 Å². The number of carbonyl (C=O) groups is 2. The molecule has 1 saturated carbocycles. The van der Waals surface area contributed by atoms with Crippen LogP contribution in [0.3, 0.4) is 0 Å². The minimum absolute atomic E-state index is 0.129. The predicted molar refractivity (Wildman–Crippen MR) is 106 cm³/mol. The minimum Gasteiger partial charge on any atom is -0.439 e. The molecule has 3 N–H and O–H groups in total. The monoisotopic (exact) mass is 410 g/mol. The number of benzene rings is 1. The lowest BCUT2D eigenvalue weighted by atomic mass is 10.2. The van der Waals surface area contributed by atoms with Gasteiger partial charge < -0.3 is 15.4 Å². The maximum Gasteiger partial charge on any atom is 0.326 e. The molecule has 1 aliphatic carbocycles. The number of hydrogen-bond donors (Lipinski definition) is 3. The summed E-state index contributed by atoms with van der Waals surface area (Å²) in [6, 6.07) is 8.60. The number of nitrogens with zero attached hydrogens (tertiary/aromatic N) is 3. The summed E-state index contributed by atoms with van der Waals surface area (Å²) in [6.45, 7) is 0. The van der Waals surface area contributed by atoms with Gasteiger partial charge in [-0.3, -0.25) is 10.1 Å². The number of imide groups is 1. The van der Waals surface area contributed by atoms with E-state index in [4.69, 9.17) is 16.3 Å². The van der Waals surface area contributed by atoms with Gasteiger partial charge in [-0.25, -0.2) is 4.79 Å². The van der Waals surface area contributed by atoms with Crippen LogP contribution in [0.5, 0.6) is 11.6 Å². The largest absolute Gasteiger partial charge is 0.439 e. The Balaban J connectivity index is 1.57. The van der Waals surface area contributed by atoms with Crippen molar-refractivity contribution in [1.29, 1.82) is 0 Å². The fourth-order valence-electron chi connectivity index (χ4n) is 2.94. The maximum atomic E-state index is 11.8. The first kappa shape index (κ1) is 17.5. The molecule has 2 fully saturated rings. The Kier molecular flexibility index (Phi) is 4.09. The number of hydrogen-bond acceptors (Lipinski definition) is 6. The van der Waals surface area contributed by atoms with Crippen molar-refractivity contribution in [2.45, 2.75) is 18.9 Å². The van der Waals surface area contributed by atoms with Gasteiger partial charge in [-0.2, -0.15) is 14.6 Å². The van der Waals surface area contributed by atoms with Crippen molar-refractivity contribution in [2.75, 3.05) is 5.32 Å². The lowest BCUT2D eigenvalue weighted by molar-refractivity contribution is -0.115. The van der Waals surface area contributed by atoms with Crippen LogP contribution in [-0.4, -0.2) is 32.6 Å². The number of ether oxygens (including phenoxy) is 1. The number of carbonyl (C=O) groups excluding carboxylic acids is 2. The van der Waals surface area contributed by atoms with Gasteiger partial charge in [0.2, 0.25) is 5.88 Å². The maximum absolute atomic E-state index is 11.8. The third kappa shape index (κ3) is 3.59. The molecule has 3 aromatic rings. The van der Waals surface area contributed by atoms with Crippen molar-refractivity contribution in [3.05, 3.63) is 52.8 Å². The van der Waals surface area contributed by atoms with Crippen LogP contribution >= 0.6 is 11.6 Å². The molecule has 146 valence electrons. The molecular weight excluding hydrogens is 396 g/mol. The van der Waals surface area contributed by atoms with Crippen LogP contribution in [0.25, 0.3) is 11.7 Å². The van der Waals surface area contributed by atoms with Crippen molar-refractivity contribution in [2.24, 2.45) is 0 Å². The Hall–Kier alpha value is -3.59. The minimum atomic E-state index is -0.563. The number of aromatic nitrogens is 3. The molecule has 9 nitrogen and oxygen atoms in total. The van der Waals surface area contributed by atoms with Gasteiger partial charge in [-0.15, -0.1) is 0 Å². The summed E-state index contributed by atoms with van der Waals surface area (Å²) < 4.78 is 7.54. The predicted octanol–water partition coefficient (Wildman–Crippen LogP) is 2.93. The molecule has 1 saturated heterocycles. The number of urea groups is 1. The first-order valence-corrected chi connectivity index (χ1v) is 9.36. The van der Waals surface area contributed by atoms with Crippen LogP contribution in [0.15, 0.2) is 42.2 Å². The zero-order chi connectivity index (χ0) is 20.0. The smallest absolute Gasteiger partial charge is 0.326 e. The quantitative estimate of drug-likeness (QED) is 0.440. The van der Waals surface area contributed by atoms with Crippen LogP contribution in [0, 0.1) is 0 Å². The zero-order valence-electron chi connectivity index (χ0n) is 15.0. The van der Waals surface area contributed by atoms with Crippen LogP contribution in [-0.2, 0) is 4.79 Å². The van der Waals surface area contributed by atoms with E-state index in [1.54, 1.807) is 41.0 Å². The van der Waals surface area contributed by atoms with Crippen LogP contribution in [0.2, 0.25) is 5.02 Å². The van der Waals surface area contributed by atoms with E-state index in [0.29, 0.717) is 33.9 Å². The SMILES string of the molecule is O=C1NC(=O)/C(=C\c2cnn3c(NC4CC4)cc(Oc4cccc(Cl)c4)nc23)N1. The molecule has 0 atom stereocenters. The molecule has 2 aliphatic rings. The summed E-state index contributed by atoms with van der Waals surface area (Å²) in [5.41, 5.74) is 1.17. The Morgan fingerprint density at radius 3 is 2.83 bits per heavy atom. The topological polar surface area (TPSA) is 110 Å². The fraction of sp³-hybridized carbons (Fsp3) is 0.158. The number of fused-ring (bicyclic) bond motifs is 1. The number of nitrogens with one attached hydrogen (secondary N) is 3. The van der Waals surface area contributed by atoms with E-state index in [0.717, 1.165) is 18.7 Å². The molecule has 1 aromatic carbocycles. The zero-order valence-corrected chi connectivity index (χ0v) is 15.7. The van der Waals surface area contributed by atoms with Gasteiger partial charge in [0.15, 0.2) is 5.65 Å². The Morgan fingerprint density at radius 1 is 1.24 bits per heavy atom. The van der Waals surface area contributed by atoms with Crippen LogP contribution in [0.1, 0.15) is 18.4 Å². The molecule has 0 unspecified atom stereocenters. The van der Waals surface area contributed by atoms with Gasteiger partial charge in [-0.05, 0) is 37.1 Å². The van der Waals surface area contributed by atoms with Crippen LogP contribution < -0.4 is 20.7 Å². The summed E-state index contributed by atoms with van der Waals surface area (Å²) in [5.74, 6) is 1.12. The Labute approximate surface area is 169 Å². The number of amides is 3. The van der Waals surface area contributed by atoms with Gasteiger partial charge in [0.25, 0.3) is 5.91 Å². The molecule has 0 bridgehead atoms. The van der Waals surface area contributed by atoms with Crippen LogP contribution in [0.4, 0.5) is 10.6 Å². The molecule has 2 aromatic heterocycles. The molecule has 0 radical (unpaired) electrons. The first-order chi connectivity index (χ1) is 14.0. The van der Waals surface area contributed by atoms with E-state index < -0.39 is 11.9 Å². The molecule has 29 heavy (non-hydrogen) atoms. The van der Waals surface area contributed by atoms with Crippen molar-refractivity contribution in [3.63, 3.8) is 0 Å². The van der Waals surface area contributed by atoms with Crippen molar-refractivity contribution in [1.82, 2.24) is 25.2 Å². The number of halogens is 1. The third-order valence-corrected chi connectivity index (χ3v) is 4.68. The first-order valence-electron chi connectivity index (χ1n) is 8.98. The molecular formula is C19H15ClN6O3. The van der Waals surface area contributed by atoms with Gasteiger partial charge >= 0.3 is 6.03 Å². The van der Waals surface area contributed by atoms with E-state index in [1.807, 2.05) is 0 Å². The average molecular weight is 411 g/mol. The highest BCUT2D eigenvalue weighted by atomic mass is 35.5. The van der Waals surface area contributed by atoms with Crippen molar-refractivity contribution >= 4 is 41.1 Å². The van der Waals surface area contributed by atoms with Gasteiger partial charge in [0.05, 0.1) is 6.20 Å². The second-order valence-electron chi connectivity index (χ2n) is 6.76. The molecule has 10 heteroatoms. The van der Waals surface area contributed by atoms with E-state index in [1.165, 1.54) is 6.08 Å². The summed E-state index contributed by atoms with van der Waals surface area (Å²) >= 11 is 6.04. The average Bonchev–Trinajstić information content (AvgIpc) is 3.31. The Morgan fingerprint density at radius 2 is 2.10 bits per heavy atom. The van der Waals surface area contributed by atoms with E-state index in [-0.39, 0.29) is 5.70 Å². The normalized spacial score (nSPS) is 17.5. The molecule has 0 spiro atoms. The summed E-state index contributed by atoms with van der Waals surface area (Å²) in [5, 5.41) is 13.0. The van der Waals surface area contributed by atoms with Gasteiger partial charge in [0, 0.05) is 22.7 Å². The van der Waals surface area contributed by atoms with Gasteiger partial charge in [-0.1, -0.05) is 17.7 Å². The third-order valence-electron chi connectivity index (χ3n) is 4.44. The second-order valence-corrected chi connectivity index (χ2v) is 7.20. The lowest BCUT2D eigenvalue weighted by Crippen LogP contribution is -2.22. The summed E-state index contributed by atoms with van der Waals surface area (Å²) in [7, 11) is 0. The van der Waals surface area contributed by atoms with E-state index in [9.17, 15) is 9.59 Å². The fourth-order valence-corrected chi connectivity index (χ4v) is 3.12. The standard InChI is InChI=1S/C19H15ClN6O3/c20-11-2-1-3-13(7-11)29-16-8-15(22-12-4-5-12)26-17(24-16)10(9-21-26)6-14-18(27)25-19(28)23-14/h1-3,6-9,12,22H,4-5H2,(H2,23,25,27,28)/b14-6+. The molecule has 5 rings (SSSR count).